The summed E-state index contributed by atoms with van der Waals surface area (Å²) in [6.45, 7) is 1.67. The maximum absolute atomic E-state index is 13.2. The van der Waals surface area contributed by atoms with Gasteiger partial charge in [0.15, 0.2) is 0 Å². The van der Waals surface area contributed by atoms with Crippen molar-refractivity contribution in [2.75, 3.05) is 29.0 Å². The molecule has 0 saturated heterocycles. The van der Waals surface area contributed by atoms with E-state index < -0.39 is 28.3 Å². The Morgan fingerprint density at radius 1 is 1.20 bits per heavy atom. The van der Waals surface area contributed by atoms with Crippen LogP contribution in [-0.4, -0.2) is 33.7 Å². The molecule has 134 valence electrons. The molecule has 1 N–H and O–H groups in total. The Hall–Kier alpha value is -2.61. The fourth-order valence-corrected chi connectivity index (χ4v) is 3.08. The Kier molecular flexibility index (Phi) is 5.97. The van der Waals surface area contributed by atoms with Crippen LogP contribution in [0, 0.1) is 5.82 Å². The Labute approximate surface area is 146 Å². The van der Waals surface area contributed by atoms with Crippen molar-refractivity contribution >= 4 is 27.3 Å². The van der Waals surface area contributed by atoms with Gasteiger partial charge in [0.05, 0.1) is 18.6 Å². The third-order valence-corrected chi connectivity index (χ3v) is 4.36. The molecule has 0 atom stereocenters. The highest BCUT2D eigenvalue weighted by molar-refractivity contribution is 7.92. The number of carbonyl (C=O) groups is 1. The molecule has 6 nitrogen and oxygen atoms in total. The predicted octanol–water partition coefficient (Wildman–Crippen LogP) is 2.63. The summed E-state index contributed by atoms with van der Waals surface area (Å²) in [5.74, 6) is -0.740. The van der Waals surface area contributed by atoms with Gasteiger partial charge in [0, 0.05) is 5.69 Å². The topological polar surface area (TPSA) is 75.7 Å². The van der Waals surface area contributed by atoms with Crippen LogP contribution in [0.25, 0.3) is 0 Å². The average Bonchev–Trinajstić information content (AvgIpc) is 2.53. The molecule has 25 heavy (non-hydrogen) atoms. The SMILES string of the molecule is CCOc1ccccc1N(CC(=O)Nc1cccc(F)c1)S(C)(=O)=O. The Balaban J connectivity index is 2.26. The van der Waals surface area contributed by atoms with E-state index in [2.05, 4.69) is 5.32 Å². The fourth-order valence-electron chi connectivity index (χ4n) is 2.22. The van der Waals surface area contributed by atoms with E-state index in [-0.39, 0.29) is 11.4 Å². The highest BCUT2D eigenvalue weighted by Gasteiger charge is 2.24. The predicted molar refractivity (Wildman–Crippen MR) is 94.8 cm³/mol. The highest BCUT2D eigenvalue weighted by atomic mass is 32.2. The van der Waals surface area contributed by atoms with Gasteiger partial charge in [-0.1, -0.05) is 18.2 Å². The molecule has 0 heterocycles. The minimum atomic E-state index is -3.74. The van der Waals surface area contributed by atoms with Crippen LogP contribution in [0.15, 0.2) is 48.5 Å². The zero-order valence-corrected chi connectivity index (χ0v) is 14.7. The first kappa shape index (κ1) is 18.7. The molecular formula is C17H19FN2O4S. The zero-order valence-electron chi connectivity index (χ0n) is 13.9. The van der Waals surface area contributed by atoms with Crippen LogP contribution in [0.3, 0.4) is 0 Å². The van der Waals surface area contributed by atoms with Gasteiger partial charge in [0.2, 0.25) is 15.9 Å². The lowest BCUT2D eigenvalue weighted by molar-refractivity contribution is -0.114. The van der Waals surface area contributed by atoms with Crippen molar-refractivity contribution in [2.45, 2.75) is 6.92 Å². The molecular weight excluding hydrogens is 347 g/mol. The van der Waals surface area contributed by atoms with Crippen LogP contribution in [0.5, 0.6) is 5.75 Å². The molecule has 0 aliphatic carbocycles. The lowest BCUT2D eigenvalue weighted by Gasteiger charge is -2.24. The number of hydrogen-bond donors (Lipinski definition) is 1. The van der Waals surface area contributed by atoms with E-state index in [4.69, 9.17) is 4.74 Å². The first-order valence-corrected chi connectivity index (χ1v) is 9.41. The van der Waals surface area contributed by atoms with Crippen LogP contribution in [0.2, 0.25) is 0 Å². The quantitative estimate of drug-likeness (QED) is 0.817. The lowest BCUT2D eigenvalue weighted by atomic mass is 10.3. The number of hydrogen-bond acceptors (Lipinski definition) is 4. The molecule has 2 aromatic rings. The van der Waals surface area contributed by atoms with E-state index in [1.165, 1.54) is 18.2 Å². The number of nitrogens with zero attached hydrogens (tertiary/aromatic N) is 1. The maximum atomic E-state index is 13.2. The van der Waals surface area contributed by atoms with E-state index in [0.717, 1.165) is 16.6 Å². The summed E-state index contributed by atoms with van der Waals surface area (Å²) < 4.78 is 43.9. The number of sulfonamides is 1. The Morgan fingerprint density at radius 3 is 2.56 bits per heavy atom. The molecule has 0 spiro atoms. The van der Waals surface area contributed by atoms with Crippen LogP contribution in [-0.2, 0) is 14.8 Å². The second-order valence-corrected chi connectivity index (χ2v) is 7.14. The van der Waals surface area contributed by atoms with Crippen LogP contribution >= 0.6 is 0 Å². The van der Waals surface area contributed by atoms with E-state index in [1.54, 1.807) is 31.2 Å². The molecule has 1 amide bonds. The molecule has 0 fully saturated rings. The zero-order chi connectivity index (χ0) is 18.4. The molecule has 0 saturated carbocycles. The van der Waals surface area contributed by atoms with Crippen LogP contribution in [0.4, 0.5) is 15.8 Å². The molecule has 2 rings (SSSR count). The molecule has 0 bridgehead atoms. The second kappa shape index (κ2) is 7.98. The summed E-state index contributed by atoms with van der Waals surface area (Å²) in [5, 5.41) is 2.48. The van der Waals surface area contributed by atoms with Crippen LogP contribution in [0.1, 0.15) is 6.92 Å². The summed E-state index contributed by atoms with van der Waals surface area (Å²) in [4.78, 5) is 12.2. The van der Waals surface area contributed by atoms with Crippen LogP contribution < -0.4 is 14.4 Å². The molecule has 0 unspecified atom stereocenters. The minimum absolute atomic E-state index is 0.247. The summed E-state index contributed by atoms with van der Waals surface area (Å²) in [5.41, 5.74) is 0.512. The number of amides is 1. The van der Waals surface area contributed by atoms with Gasteiger partial charge in [-0.3, -0.25) is 9.10 Å². The van der Waals surface area contributed by atoms with Crippen molar-refractivity contribution < 1.29 is 22.3 Å². The molecule has 8 heteroatoms. The molecule has 2 aromatic carbocycles. The number of anilines is 2. The van der Waals surface area contributed by atoms with E-state index in [9.17, 15) is 17.6 Å². The van der Waals surface area contributed by atoms with Gasteiger partial charge in [0.25, 0.3) is 0 Å². The normalized spacial score (nSPS) is 11.0. The van der Waals surface area contributed by atoms with Gasteiger partial charge in [-0.05, 0) is 37.3 Å². The number of nitrogens with one attached hydrogen (secondary N) is 1. The van der Waals surface area contributed by atoms with Crippen molar-refractivity contribution in [1.82, 2.24) is 0 Å². The molecule has 0 radical (unpaired) electrons. The summed E-state index contributed by atoms with van der Waals surface area (Å²) in [6.07, 6.45) is 1.01. The summed E-state index contributed by atoms with van der Waals surface area (Å²) >= 11 is 0. The van der Waals surface area contributed by atoms with Crippen molar-refractivity contribution in [3.8, 4) is 5.75 Å². The first-order chi connectivity index (χ1) is 11.8. The van der Waals surface area contributed by atoms with Crippen molar-refractivity contribution in [3.63, 3.8) is 0 Å². The fraction of sp³-hybridized carbons (Fsp3) is 0.235. The first-order valence-electron chi connectivity index (χ1n) is 7.56. The number of halogens is 1. The maximum Gasteiger partial charge on any atom is 0.245 e. The smallest absolute Gasteiger partial charge is 0.245 e. The van der Waals surface area contributed by atoms with E-state index in [1.807, 2.05) is 0 Å². The highest BCUT2D eigenvalue weighted by Crippen LogP contribution is 2.29. The van der Waals surface area contributed by atoms with Crippen molar-refractivity contribution in [3.05, 3.63) is 54.3 Å². The van der Waals surface area contributed by atoms with Gasteiger partial charge in [-0.25, -0.2) is 12.8 Å². The van der Waals surface area contributed by atoms with Crippen molar-refractivity contribution in [2.24, 2.45) is 0 Å². The molecule has 0 aromatic heterocycles. The number of benzene rings is 2. The summed E-state index contributed by atoms with van der Waals surface area (Å²) in [7, 11) is -3.74. The number of ether oxygens (including phenoxy) is 1. The second-order valence-electron chi connectivity index (χ2n) is 5.23. The van der Waals surface area contributed by atoms with Crippen molar-refractivity contribution in [1.29, 1.82) is 0 Å². The van der Waals surface area contributed by atoms with E-state index in [0.29, 0.717) is 12.4 Å². The van der Waals surface area contributed by atoms with E-state index >= 15 is 0 Å². The summed E-state index contributed by atoms with van der Waals surface area (Å²) in [6, 6.07) is 11.9. The number of para-hydroxylation sites is 2. The molecule has 0 aliphatic rings. The van der Waals surface area contributed by atoms with Gasteiger partial charge < -0.3 is 10.1 Å². The standard InChI is InChI=1S/C17H19FN2O4S/c1-3-24-16-10-5-4-9-15(16)20(25(2,22)23)12-17(21)19-14-8-6-7-13(18)11-14/h4-11H,3,12H2,1-2H3,(H,19,21). The average molecular weight is 366 g/mol. The Morgan fingerprint density at radius 2 is 1.92 bits per heavy atom. The monoisotopic (exact) mass is 366 g/mol. The minimum Gasteiger partial charge on any atom is -0.492 e. The van der Waals surface area contributed by atoms with Gasteiger partial charge >= 0.3 is 0 Å². The largest absolute Gasteiger partial charge is 0.492 e. The van der Waals surface area contributed by atoms with Gasteiger partial charge in [0.1, 0.15) is 18.1 Å². The molecule has 0 aliphatic heterocycles. The van der Waals surface area contributed by atoms with Gasteiger partial charge in [-0.2, -0.15) is 0 Å². The number of rotatable bonds is 7. The Bertz CT molecular complexity index is 855. The third kappa shape index (κ3) is 5.18. The third-order valence-electron chi connectivity index (χ3n) is 3.23. The lowest BCUT2D eigenvalue weighted by Crippen LogP contribution is -2.37. The number of carbonyl (C=O) groups excluding carboxylic acids is 1. The van der Waals surface area contributed by atoms with Gasteiger partial charge in [-0.15, -0.1) is 0 Å².